The molecule has 3 atom stereocenters. The molecule has 2 aliphatic rings. The number of rotatable bonds is 1. The van der Waals surface area contributed by atoms with E-state index in [1.807, 2.05) is 20.8 Å². The molecule has 0 spiro atoms. The molecule has 1 amide bonds. The van der Waals surface area contributed by atoms with Gasteiger partial charge in [0.25, 0.3) is 0 Å². The lowest BCUT2D eigenvalue weighted by Crippen LogP contribution is -2.52. The molecule has 2 aliphatic heterocycles. The maximum absolute atomic E-state index is 11.7. The van der Waals surface area contributed by atoms with E-state index < -0.39 is 5.60 Å². The average Bonchev–Trinajstić information content (AvgIpc) is 2.57. The third-order valence-electron chi connectivity index (χ3n) is 3.61. The van der Waals surface area contributed by atoms with Gasteiger partial charge in [0.1, 0.15) is 5.60 Å². The Balaban J connectivity index is 1.80. The van der Waals surface area contributed by atoms with Gasteiger partial charge >= 0.3 is 6.09 Å². The standard InChI is InChI=1S/C13H24N2O3/c1-13(2,3)18-12(17)14-9-4-5-10-11(16)6-7-15(10)8-9/h9-11,16H,4-8H2,1-3H3,(H,14,17)/t9-,10-,11-/m0/s1. The van der Waals surface area contributed by atoms with Crippen LogP contribution in [0.1, 0.15) is 40.0 Å². The van der Waals surface area contributed by atoms with E-state index in [2.05, 4.69) is 10.2 Å². The molecule has 0 unspecified atom stereocenters. The van der Waals surface area contributed by atoms with Crippen molar-refractivity contribution >= 4 is 6.09 Å². The van der Waals surface area contributed by atoms with Crippen molar-refractivity contribution < 1.29 is 14.6 Å². The van der Waals surface area contributed by atoms with E-state index in [9.17, 15) is 9.90 Å². The zero-order valence-corrected chi connectivity index (χ0v) is 11.5. The second kappa shape index (κ2) is 5.05. The first-order valence-corrected chi connectivity index (χ1v) is 6.77. The van der Waals surface area contributed by atoms with Crippen molar-refractivity contribution in [2.24, 2.45) is 0 Å². The van der Waals surface area contributed by atoms with Crippen LogP contribution in [0.25, 0.3) is 0 Å². The van der Waals surface area contributed by atoms with E-state index in [1.54, 1.807) is 0 Å². The molecule has 0 bridgehead atoms. The molecule has 104 valence electrons. The van der Waals surface area contributed by atoms with Gasteiger partial charge in [0.15, 0.2) is 0 Å². The molecule has 5 heteroatoms. The zero-order valence-electron chi connectivity index (χ0n) is 11.5. The second-order valence-electron chi connectivity index (χ2n) is 6.34. The first kappa shape index (κ1) is 13.6. The summed E-state index contributed by atoms with van der Waals surface area (Å²) in [5.74, 6) is 0. The van der Waals surface area contributed by atoms with E-state index in [0.29, 0.717) is 6.04 Å². The Hall–Kier alpha value is -0.810. The minimum absolute atomic E-state index is 0.140. The maximum atomic E-state index is 11.7. The monoisotopic (exact) mass is 256 g/mol. The number of hydrogen-bond acceptors (Lipinski definition) is 4. The van der Waals surface area contributed by atoms with Crippen LogP contribution in [0, 0.1) is 0 Å². The summed E-state index contributed by atoms with van der Waals surface area (Å²) in [6.07, 6.45) is 2.18. The quantitative estimate of drug-likeness (QED) is 0.738. The molecule has 2 heterocycles. The van der Waals surface area contributed by atoms with Gasteiger partial charge in [0.2, 0.25) is 0 Å². The van der Waals surface area contributed by atoms with Gasteiger partial charge in [-0.15, -0.1) is 0 Å². The molecule has 5 nitrogen and oxygen atoms in total. The molecule has 2 rings (SSSR count). The highest BCUT2D eigenvalue weighted by Gasteiger charge is 2.38. The summed E-state index contributed by atoms with van der Waals surface area (Å²) < 4.78 is 5.25. The summed E-state index contributed by atoms with van der Waals surface area (Å²) in [6, 6.07) is 0.433. The minimum Gasteiger partial charge on any atom is -0.444 e. The van der Waals surface area contributed by atoms with Crippen LogP contribution in [-0.2, 0) is 4.74 Å². The first-order valence-electron chi connectivity index (χ1n) is 6.77. The summed E-state index contributed by atoms with van der Waals surface area (Å²) in [6.45, 7) is 7.33. The van der Waals surface area contributed by atoms with Gasteiger partial charge in [0.05, 0.1) is 6.10 Å². The molecule has 0 radical (unpaired) electrons. The van der Waals surface area contributed by atoms with Crippen molar-refractivity contribution in [3.8, 4) is 0 Å². The van der Waals surface area contributed by atoms with Crippen LogP contribution in [-0.4, -0.2) is 53.0 Å². The summed E-state index contributed by atoms with van der Waals surface area (Å²) in [4.78, 5) is 14.0. The Bertz CT molecular complexity index is 314. The summed E-state index contributed by atoms with van der Waals surface area (Å²) in [5, 5.41) is 12.7. The summed E-state index contributed by atoms with van der Waals surface area (Å²) in [7, 11) is 0. The molecule has 0 aliphatic carbocycles. The number of ether oxygens (including phenoxy) is 1. The van der Waals surface area contributed by atoms with Gasteiger partial charge in [-0.25, -0.2) is 4.79 Å². The third-order valence-corrected chi connectivity index (χ3v) is 3.61. The SMILES string of the molecule is CC(C)(C)OC(=O)N[C@H]1CC[C@H]2[C@@H](O)CCN2C1. The van der Waals surface area contributed by atoms with E-state index >= 15 is 0 Å². The normalized spacial score (nSPS) is 33.0. The molecule has 0 aromatic heterocycles. The Morgan fingerprint density at radius 2 is 2.06 bits per heavy atom. The summed E-state index contributed by atoms with van der Waals surface area (Å²) >= 11 is 0. The van der Waals surface area contributed by atoms with Crippen molar-refractivity contribution in [1.82, 2.24) is 10.2 Å². The van der Waals surface area contributed by atoms with Gasteiger partial charge in [-0.3, -0.25) is 4.90 Å². The predicted octanol–water partition coefficient (Wildman–Crippen LogP) is 1.11. The number of nitrogens with one attached hydrogen (secondary N) is 1. The first-order chi connectivity index (χ1) is 8.35. The van der Waals surface area contributed by atoms with Crippen LogP contribution >= 0.6 is 0 Å². The number of carbonyl (C=O) groups excluding carboxylic acids is 1. The fourth-order valence-electron chi connectivity index (χ4n) is 2.84. The van der Waals surface area contributed by atoms with Crippen molar-refractivity contribution in [1.29, 1.82) is 0 Å². The molecule has 18 heavy (non-hydrogen) atoms. The van der Waals surface area contributed by atoms with Crippen LogP contribution in [0.2, 0.25) is 0 Å². The smallest absolute Gasteiger partial charge is 0.407 e. The lowest BCUT2D eigenvalue weighted by atomic mass is 9.97. The number of amides is 1. The van der Waals surface area contributed by atoms with Gasteiger partial charge in [-0.05, 0) is 40.0 Å². The fourth-order valence-corrected chi connectivity index (χ4v) is 2.84. The summed E-state index contributed by atoms with van der Waals surface area (Å²) in [5.41, 5.74) is -0.453. The number of nitrogens with zero attached hydrogens (tertiary/aromatic N) is 1. The molecular formula is C13H24N2O3. The highest BCUT2D eigenvalue weighted by molar-refractivity contribution is 5.68. The maximum Gasteiger partial charge on any atom is 0.407 e. The van der Waals surface area contributed by atoms with Crippen LogP contribution < -0.4 is 5.32 Å². The lowest BCUT2D eigenvalue weighted by Gasteiger charge is -2.36. The topological polar surface area (TPSA) is 61.8 Å². The van der Waals surface area contributed by atoms with E-state index in [-0.39, 0.29) is 18.2 Å². The van der Waals surface area contributed by atoms with Crippen LogP contribution in [0.15, 0.2) is 0 Å². The van der Waals surface area contributed by atoms with Crippen LogP contribution in [0.3, 0.4) is 0 Å². The van der Waals surface area contributed by atoms with Crippen LogP contribution in [0.4, 0.5) is 4.79 Å². The van der Waals surface area contributed by atoms with Gasteiger partial charge in [-0.2, -0.15) is 0 Å². The number of hydrogen-bond donors (Lipinski definition) is 2. The highest BCUT2D eigenvalue weighted by Crippen LogP contribution is 2.27. The zero-order chi connectivity index (χ0) is 13.3. The van der Waals surface area contributed by atoms with Crippen molar-refractivity contribution in [2.45, 2.75) is 63.8 Å². The number of fused-ring (bicyclic) bond motifs is 1. The molecule has 2 saturated heterocycles. The predicted molar refractivity (Wildman–Crippen MR) is 68.4 cm³/mol. The number of aliphatic hydroxyl groups is 1. The number of carbonyl (C=O) groups is 1. The average molecular weight is 256 g/mol. The largest absolute Gasteiger partial charge is 0.444 e. The Morgan fingerprint density at radius 1 is 1.33 bits per heavy atom. The Kier molecular flexibility index (Phi) is 3.82. The van der Waals surface area contributed by atoms with E-state index in [0.717, 1.165) is 32.4 Å². The Labute approximate surface area is 108 Å². The number of alkyl carbamates (subject to hydrolysis) is 1. The number of aliphatic hydroxyl groups excluding tert-OH is 1. The molecule has 2 fully saturated rings. The third kappa shape index (κ3) is 3.36. The van der Waals surface area contributed by atoms with Gasteiger partial charge < -0.3 is 15.2 Å². The number of piperidine rings is 1. The van der Waals surface area contributed by atoms with E-state index in [1.165, 1.54) is 0 Å². The van der Waals surface area contributed by atoms with E-state index in [4.69, 9.17) is 4.74 Å². The lowest BCUT2D eigenvalue weighted by molar-refractivity contribution is 0.0420. The van der Waals surface area contributed by atoms with Gasteiger partial charge in [0, 0.05) is 25.2 Å². The van der Waals surface area contributed by atoms with Crippen molar-refractivity contribution in [3.63, 3.8) is 0 Å². The highest BCUT2D eigenvalue weighted by atomic mass is 16.6. The molecule has 2 N–H and O–H groups in total. The fraction of sp³-hybridized carbons (Fsp3) is 0.923. The molecule has 0 aromatic carbocycles. The van der Waals surface area contributed by atoms with Gasteiger partial charge in [-0.1, -0.05) is 0 Å². The molecule has 0 saturated carbocycles. The molecular weight excluding hydrogens is 232 g/mol. The second-order valence-corrected chi connectivity index (χ2v) is 6.34. The minimum atomic E-state index is -0.453. The van der Waals surface area contributed by atoms with Crippen LogP contribution in [0.5, 0.6) is 0 Å². The van der Waals surface area contributed by atoms with Crippen molar-refractivity contribution in [3.05, 3.63) is 0 Å². The Morgan fingerprint density at radius 3 is 2.72 bits per heavy atom. The molecule has 0 aromatic rings. The van der Waals surface area contributed by atoms with Crippen molar-refractivity contribution in [2.75, 3.05) is 13.1 Å².